The molecule has 0 spiro atoms. The zero-order chi connectivity index (χ0) is 20.1. The average molecular weight is 394 g/mol. The highest BCUT2D eigenvalue weighted by Crippen LogP contribution is 2.32. The van der Waals surface area contributed by atoms with Crippen LogP contribution in [0.15, 0.2) is 54.9 Å². The maximum absolute atomic E-state index is 12.9. The fourth-order valence-corrected chi connectivity index (χ4v) is 2.89. The number of ether oxygens (including phenoxy) is 2. The first-order valence-corrected chi connectivity index (χ1v) is 9.14. The molecular formula is C21H19FN4O3. The lowest BCUT2D eigenvalue weighted by Gasteiger charge is -2.08. The summed E-state index contributed by atoms with van der Waals surface area (Å²) in [5.74, 6) is 1.37. The first kappa shape index (κ1) is 18.7. The molecule has 2 N–H and O–H groups in total. The predicted octanol–water partition coefficient (Wildman–Crippen LogP) is 2.93. The Morgan fingerprint density at radius 3 is 2.66 bits per heavy atom. The Balaban J connectivity index is 1.30. The molecule has 7 nitrogen and oxygen atoms in total. The van der Waals surface area contributed by atoms with E-state index in [1.54, 1.807) is 18.2 Å². The molecule has 1 aliphatic rings. The van der Waals surface area contributed by atoms with Gasteiger partial charge in [0.1, 0.15) is 23.7 Å². The highest BCUT2D eigenvalue weighted by Gasteiger charge is 2.14. The number of halogens is 1. The van der Waals surface area contributed by atoms with Crippen LogP contribution in [0.3, 0.4) is 0 Å². The topological polar surface area (TPSA) is 85.4 Å². The molecule has 0 fully saturated rings. The Bertz CT molecular complexity index is 1010. The highest BCUT2D eigenvalue weighted by atomic mass is 19.1. The Hall–Kier alpha value is -3.68. The van der Waals surface area contributed by atoms with Crippen LogP contribution in [-0.4, -0.2) is 29.2 Å². The van der Waals surface area contributed by atoms with Crippen LogP contribution >= 0.6 is 0 Å². The van der Waals surface area contributed by atoms with E-state index in [9.17, 15) is 9.18 Å². The number of nitrogens with one attached hydrogen (secondary N) is 2. The lowest BCUT2D eigenvalue weighted by Crippen LogP contribution is -2.24. The van der Waals surface area contributed by atoms with Crippen LogP contribution in [0, 0.1) is 5.82 Å². The molecule has 148 valence electrons. The van der Waals surface area contributed by atoms with Crippen LogP contribution in [0.2, 0.25) is 0 Å². The maximum atomic E-state index is 12.9. The lowest BCUT2D eigenvalue weighted by atomic mass is 10.1. The van der Waals surface area contributed by atoms with Crippen molar-refractivity contribution in [3.63, 3.8) is 0 Å². The van der Waals surface area contributed by atoms with Crippen molar-refractivity contribution in [3.05, 3.63) is 77.5 Å². The van der Waals surface area contributed by atoms with Gasteiger partial charge in [-0.3, -0.25) is 4.79 Å². The van der Waals surface area contributed by atoms with Crippen molar-refractivity contribution in [2.24, 2.45) is 0 Å². The van der Waals surface area contributed by atoms with Gasteiger partial charge in [-0.25, -0.2) is 14.4 Å². The third kappa shape index (κ3) is 4.78. The van der Waals surface area contributed by atoms with Crippen molar-refractivity contribution in [1.29, 1.82) is 0 Å². The first-order valence-electron chi connectivity index (χ1n) is 9.14. The van der Waals surface area contributed by atoms with Gasteiger partial charge in [-0.15, -0.1) is 0 Å². The number of nitrogens with zero attached hydrogens (tertiary/aromatic N) is 2. The van der Waals surface area contributed by atoms with Crippen LogP contribution in [0.1, 0.15) is 21.6 Å². The largest absolute Gasteiger partial charge is 0.454 e. The van der Waals surface area contributed by atoms with Crippen LogP contribution in [0.25, 0.3) is 0 Å². The number of benzene rings is 2. The van der Waals surface area contributed by atoms with E-state index in [4.69, 9.17) is 9.47 Å². The summed E-state index contributed by atoms with van der Waals surface area (Å²) in [7, 11) is 0. The molecule has 1 amide bonds. The molecular weight excluding hydrogens is 375 g/mol. The number of carbonyl (C=O) groups excluding carboxylic acids is 1. The minimum atomic E-state index is -0.299. The standard InChI is InChI=1S/C21H19FN4O3/c22-16-4-1-14(2-5-16)7-8-23-20-10-17(25-12-26-20)21(27)24-11-15-3-6-18-19(9-15)29-13-28-18/h1-6,9-10,12H,7-8,11,13H2,(H,24,27)(H,23,25,26). The molecule has 1 aromatic heterocycles. The Labute approximate surface area is 166 Å². The Morgan fingerprint density at radius 2 is 1.79 bits per heavy atom. The third-order valence-corrected chi connectivity index (χ3v) is 4.42. The number of rotatable bonds is 7. The molecule has 0 saturated carbocycles. The summed E-state index contributed by atoms with van der Waals surface area (Å²) in [6, 6.07) is 13.5. The van der Waals surface area contributed by atoms with E-state index < -0.39 is 0 Å². The van der Waals surface area contributed by atoms with Crippen molar-refractivity contribution in [1.82, 2.24) is 15.3 Å². The minimum absolute atomic E-state index is 0.211. The number of hydrogen-bond donors (Lipinski definition) is 2. The van der Waals surface area contributed by atoms with Gasteiger partial charge in [0.25, 0.3) is 5.91 Å². The zero-order valence-corrected chi connectivity index (χ0v) is 15.5. The molecule has 2 aromatic carbocycles. The van der Waals surface area contributed by atoms with Gasteiger partial charge in [-0.1, -0.05) is 18.2 Å². The number of aromatic nitrogens is 2. The smallest absolute Gasteiger partial charge is 0.270 e. The van der Waals surface area contributed by atoms with E-state index in [-0.39, 0.29) is 24.2 Å². The summed E-state index contributed by atoms with van der Waals surface area (Å²) in [6.07, 6.45) is 2.05. The van der Waals surface area contributed by atoms with Gasteiger partial charge in [0.05, 0.1) is 0 Å². The lowest BCUT2D eigenvalue weighted by molar-refractivity contribution is 0.0945. The van der Waals surface area contributed by atoms with Gasteiger partial charge in [0, 0.05) is 19.2 Å². The molecule has 29 heavy (non-hydrogen) atoms. The molecule has 2 heterocycles. The maximum Gasteiger partial charge on any atom is 0.270 e. The minimum Gasteiger partial charge on any atom is -0.454 e. The van der Waals surface area contributed by atoms with Gasteiger partial charge in [-0.2, -0.15) is 0 Å². The van der Waals surface area contributed by atoms with E-state index in [2.05, 4.69) is 20.6 Å². The molecule has 0 unspecified atom stereocenters. The molecule has 0 saturated heterocycles. The second kappa shape index (κ2) is 8.55. The van der Waals surface area contributed by atoms with Crippen LogP contribution in [-0.2, 0) is 13.0 Å². The van der Waals surface area contributed by atoms with E-state index in [1.165, 1.54) is 18.5 Å². The fraction of sp³-hybridized carbons (Fsp3) is 0.190. The Kier molecular flexibility index (Phi) is 5.51. The fourth-order valence-electron chi connectivity index (χ4n) is 2.89. The second-order valence-electron chi connectivity index (χ2n) is 6.46. The summed E-state index contributed by atoms with van der Waals surface area (Å²) < 4.78 is 23.6. The summed E-state index contributed by atoms with van der Waals surface area (Å²) in [6.45, 7) is 1.15. The van der Waals surface area contributed by atoms with Crippen molar-refractivity contribution in [2.75, 3.05) is 18.7 Å². The summed E-state index contributed by atoms with van der Waals surface area (Å²) in [5, 5.41) is 5.98. The van der Waals surface area contributed by atoms with Gasteiger partial charge in [0.2, 0.25) is 6.79 Å². The average Bonchev–Trinajstić information content (AvgIpc) is 3.21. The number of carbonyl (C=O) groups is 1. The van der Waals surface area contributed by atoms with Gasteiger partial charge in [-0.05, 0) is 41.8 Å². The molecule has 0 aliphatic carbocycles. The summed E-state index contributed by atoms with van der Waals surface area (Å²) in [4.78, 5) is 20.6. The molecule has 0 atom stereocenters. The van der Waals surface area contributed by atoms with E-state index in [0.717, 1.165) is 11.1 Å². The monoisotopic (exact) mass is 394 g/mol. The third-order valence-electron chi connectivity index (χ3n) is 4.42. The quantitative estimate of drug-likeness (QED) is 0.641. The van der Waals surface area contributed by atoms with Crippen molar-refractivity contribution in [3.8, 4) is 11.5 Å². The predicted molar refractivity (Wildman–Crippen MR) is 104 cm³/mol. The number of fused-ring (bicyclic) bond motifs is 1. The summed E-state index contributed by atoms with van der Waals surface area (Å²) in [5.41, 5.74) is 2.17. The Morgan fingerprint density at radius 1 is 1.00 bits per heavy atom. The van der Waals surface area contributed by atoms with Crippen LogP contribution in [0.4, 0.5) is 10.2 Å². The molecule has 1 aliphatic heterocycles. The molecule has 3 aromatic rings. The van der Waals surface area contributed by atoms with Crippen molar-refractivity contribution < 1.29 is 18.7 Å². The van der Waals surface area contributed by atoms with Crippen LogP contribution in [0.5, 0.6) is 11.5 Å². The second-order valence-corrected chi connectivity index (χ2v) is 6.46. The summed E-state index contributed by atoms with van der Waals surface area (Å²) >= 11 is 0. The van der Waals surface area contributed by atoms with Crippen molar-refractivity contribution >= 4 is 11.7 Å². The van der Waals surface area contributed by atoms with E-state index in [0.29, 0.717) is 36.8 Å². The van der Waals surface area contributed by atoms with Gasteiger partial charge >= 0.3 is 0 Å². The normalized spacial score (nSPS) is 11.9. The molecule has 0 radical (unpaired) electrons. The van der Waals surface area contributed by atoms with Crippen molar-refractivity contribution in [2.45, 2.75) is 13.0 Å². The number of amides is 1. The zero-order valence-electron chi connectivity index (χ0n) is 15.5. The first-order chi connectivity index (χ1) is 14.2. The van der Waals surface area contributed by atoms with Crippen LogP contribution < -0.4 is 20.1 Å². The number of anilines is 1. The van der Waals surface area contributed by atoms with E-state index >= 15 is 0 Å². The van der Waals surface area contributed by atoms with E-state index in [1.807, 2.05) is 18.2 Å². The molecule has 0 bridgehead atoms. The number of hydrogen-bond acceptors (Lipinski definition) is 6. The molecule has 8 heteroatoms. The molecule has 4 rings (SSSR count). The van der Waals surface area contributed by atoms with Gasteiger partial charge in [0.15, 0.2) is 11.5 Å². The highest BCUT2D eigenvalue weighted by molar-refractivity contribution is 5.92. The SMILES string of the molecule is O=C(NCc1ccc2c(c1)OCO2)c1cc(NCCc2ccc(F)cc2)ncn1. The van der Waals surface area contributed by atoms with Gasteiger partial charge < -0.3 is 20.1 Å².